The van der Waals surface area contributed by atoms with Crippen LogP contribution in [0.15, 0.2) is 33.7 Å². The van der Waals surface area contributed by atoms with E-state index in [9.17, 15) is 0 Å². The van der Waals surface area contributed by atoms with Gasteiger partial charge in [0.1, 0.15) is 0 Å². The molecule has 2 aromatic rings. The minimum Gasteiger partial charge on any atom is -0.354 e. The monoisotopic (exact) mass is 545 g/mol. The Balaban J connectivity index is 0.00000261. The first-order chi connectivity index (χ1) is 12.4. The van der Waals surface area contributed by atoms with Gasteiger partial charge in [0.25, 0.3) is 0 Å². The average Bonchev–Trinajstić information content (AvgIpc) is 3.33. The number of halogens is 2. The molecule has 5 nitrogen and oxygen atoms in total. The van der Waals surface area contributed by atoms with Gasteiger partial charge in [-0.1, -0.05) is 28.1 Å². The maximum absolute atomic E-state index is 4.51. The van der Waals surface area contributed by atoms with E-state index in [2.05, 4.69) is 81.7 Å². The van der Waals surface area contributed by atoms with E-state index in [-0.39, 0.29) is 30.0 Å². The normalized spacial score (nSPS) is 20.0. The second-order valence-corrected chi connectivity index (χ2v) is 8.15. The standard InChI is InChI=1S/C20H28BrN5.HI/c1-12(10-17-13(2)25-26(5)14(17)3)23-20(22-4)24-19-11-18(19)15-6-8-16(21)9-7-15;/h6-9,12,18-19H,10-11H2,1-5H3,(H2,22,23,24);1H. The number of aromatic nitrogens is 2. The molecule has 0 bridgehead atoms. The Kier molecular flexibility index (Phi) is 7.73. The van der Waals surface area contributed by atoms with Crippen LogP contribution in [0.3, 0.4) is 0 Å². The molecule has 0 radical (unpaired) electrons. The summed E-state index contributed by atoms with van der Waals surface area (Å²) in [6.45, 7) is 6.40. The topological polar surface area (TPSA) is 54.2 Å². The minimum atomic E-state index is 0. The van der Waals surface area contributed by atoms with Crippen LogP contribution >= 0.6 is 39.9 Å². The van der Waals surface area contributed by atoms with E-state index in [1.165, 1.54) is 16.8 Å². The van der Waals surface area contributed by atoms with Crippen molar-refractivity contribution in [3.8, 4) is 0 Å². The second kappa shape index (κ2) is 9.41. The van der Waals surface area contributed by atoms with Crippen LogP contribution in [0, 0.1) is 13.8 Å². The fraction of sp³-hybridized carbons (Fsp3) is 0.500. The van der Waals surface area contributed by atoms with Gasteiger partial charge in [0.2, 0.25) is 0 Å². The van der Waals surface area contributed by atoms with Crippen molar-refractivity contribution in [2.75, 3.05) is 7.05 Å². The lowest BCUT2D eigenvalue weighted by Gasteiger charge is -2.18. The van der Waals surface area contributed by atoms with Gasteiger partial charge in [-0.05, 0) is 56.9 Å². The molecule has 7 heteroatoms. The van der Waals surface area contributed by atoms with Crippen LogP contribution in [0.25, 0.3) is 0 Å². The SMILES string of the molecule is CN=C(NC(C)Cc1c(C)nn(C)c1C)NC1CC1c1ccc(Br)cc1.I. The zero-order valence-electron chi connectivity index (χ0n) is 16.6. The molecule has 148 valence electrons. The summed E-state index contributed by atoms with van der Waals surface area (Å²) in [7, 11) is 3.83. The van der Waals surface area contributed by atoms with Gasteiger partial charge in [0.05, 0.1) is 5.69 Å². The molecule has 27 heavy (non-hydrogen) atoms. The van der Waals surface area contributed by atoms with Crippen molar-refractivity contribution in [2.24, 2.45) is 12.0 Å². The van der Waals surface area contributed by atoms with Crippen LogP contribution in [-0.4, -0.2) is 34.9 Å². The second-order valence-electron chi connectivity index (χ2n) is 7.24. The van der Waals surface area contributed by atoms with Crippen molar-refractivity contribution in [1.29, 1.82) is 0 Å². The number of benzene rings is 1. The summed E-state index contributed by atoms with van der Waals surface area (Å²) >= 11 is 3.50. The smallest absolute Gasteiger partial charge is 0.191 e. The third-order valence-corrected chi connectivity index (χ3v) is 5.72. The molecule has 0 amide bonds. The van der Waals surface area contributed by atoms with Gasteiger partial charge in [0.15, 0.2) is 5.96 Å². The van der Waals surface area contributed by atoms with Crippen LogP contribution in [0.5, 0.6) is 0 Å². The quantitative estimate of drug-likeness (QED) is 0.338. The Morgan fingerprint density at radius 2 is 2.00 bits per heavy atom. The molecule has 0 saturated heterocycles. The van der Waals surface area contributed by atoms with Gasteiger partial charge in [-0.25, -0.2) is 0 Å². The predicted molar refractivity (Wildman–Crippen MR) is 126 cm³/mol. The van der Waals surface area contributed by atoms with Crippen molar-refractivity contribution in [3.63, 3.8) is 0 Å². The highest BCUT2D eigenvalue weighted by molar-refractivity contribution is 14.0. The van der Waals surface area contributed by atoms with Crippen molar-refractivity contribution in [1.82, 2.24) is 20.4 Å². The van der Waals surface area contributed by atoms with Crippen LogP contribution in [0.4, 0.5) is 0 Å². The van der Waals surface area contributed by atoms with E-state index in [0.29, 0.717) is 12.0 Å². The molecule has 3 atom stereocenters. The fourth-order valence-electron chi connectivity index (χ4n) is 3.48. The van der Waals surface area contributed by atoms with E-state index < -0.39 is 0 Å². The first-order valence-corrected chi connectivity index (χ1v) is 9.92. The Morgan fingerprint density at radius 3 is 2.56 bits per heavy atom. The largest absolute Gasteiger partial charge is 0.354 e. The van der Waals surface area contributed by atoms with Crippen molar-refractivity contribution in [3.05, 3.63) is 51.3 Å². The number of hydrogen-bond acceptors (Lipinski definition) is 2. The van der Waals surface area contributed by atoms with E-state index >= 15 is 0 Å². The molecular formula is C20H29BrIN5. The van der Waals surface area contributed by atoms with Gasteiger partial charge in [-0.2, -0.15) is 5.10 Å². The lowest BCUT2D eigenvalue weighted by atomic mass is 10.1. The van der Waals surface area contributed by atoms with E-state index in [4.69, 9.17) is 0 Å². The fourth-order valence-corrected chi connectivity index (χ4v) is 3.75. The number of nitrogens with zero attached hydrogens (tertiary/aromatic N) is 3. The Hall–Kier alpha value is -1.09. The number of aliphatic imine (C=N–C) groups is 1. The molecule has 1 saturated carbocycles. The van der Waals surface area contributed by atoms with Crippen LogP contribution < -0.4 is 10.6 Å². The Bertz CT molecular complexity index is 799. The molecule has 1 aliphatic rings. The molecule has 3 rings (SSSR count). The van der Waals surface area contributed by atoms with Gasteiger partial charge in [-0.15, -0.1) is 24.0 Å². The summed E-state index contributed by atoms with van der Waals surface area (Å²) in [5.41, 5.74) is 5.05. The van der Waals surface area contributed by atoms with Crippen molar-refractivity contribution < 1.29 is 0 Å². The first-order valence-electron chi connectivity index (χ1n) is 9.13. The third kappa shape index (κ3) is 5.47. The maximum atomic E-state index is 4.51. The van der Waals surface area contributed by atoms with Crippen LogP contribution in [0.1, 0.15) is 41.8 Å². The molecule has 1 fully saturated rings. The van der Waals surface area contributed by atoms with Gasteiger partial charge < -0.3 is 10.6 Å². The summed E-state index contributed by atoms with van der Waals surface area (Å²) < 4.78 is 3.08. The predicted octanol–water partition coefficient (Wildman–Crippen LogP) is 4.07. The number of guanidine groups is 1. The Labute approximate surface area is 187 Å². The maximum Gasteiger partial charge on any atom is 0.191 e. The van der Waals surface area contributed by atoms with E-state index in [0.717, 1.165) is 29.0 Å². The Morgan fingerprint density at radius 1 is 1.33 bits per heavy atom. The zero-order chi connectivity index (χ0) is 18.8. The number of nitrogens with one attached hydrogen (secondary N) is 2. The molecule has 3 unspecified atom stereocenters. The van der Waals surface area contributed by atoms with Crippen LogP contribution in [0.2, 0.25) is 0 Å². The number of rotatable bonds is 5. The summed E-state index contributed by atoms with van der Waals surface area (Å²) in [5, 5.41) is 11.6. The third-order valence-electron chi connectivity index (χ3n) is 5.19. The van der Waals surface area contributed by atoms with Crippen LogP contribution in [-0.2, 0) is 13.5 Å². The summed E-state index contributed by atoms with van der Waals surface area (Å²) in [4.78, 5) is 4.41. The lowest BCUT2D eigenvalue weighted by Crippen LogP contribution is -2.44. The highest BCUT2D eigenvalue weighted by atomic mass is 127. The van der Waals surface area contributed by atoms with Crippen molar-refractivity contribution in [2.45, 2.75) is 51.6 Å². The average molecular weight is 546 g/mol. The number of aryl methyl sites for hydroxylation is 2. The zero-order valence-corrected chi connectivity index (χ0v) is 20.5. The summed E-state index contributed by atoms with van der Waals surface area (Å²) in [5.74, 6) is 1.45. The molecule has 0 spiro atoms. The molecule has 0 aliphatic heterocycles. The molecule has 2 N–H and O–H groups in total. The van der Waals surface area contributed by atoms with E-state index in [1.54, 1.807) is 0 Å². The first kappa shape index (κ1) is 22.2. The highest BCUT2D eigenvalue weighted by Crippen LogP contribution is 2.41. The van der Waals surface area contributed by atoms with Gasteiger partial charge >= 0.3 is 0 Å². The molecular weight excluding hydrogens is 517 g/mol. The molecule has 1 aromatic heterocycles. The molecule has 1 aromatic carbocycles. The summed E-state index contributed by atoms with van der Waals surface area (Å²) in [6.07, 6.45) is 2.09. The van der Waals surface area contributed by atoms with E-state index in [1.807, 2.05) is 18.8 Å². The molecule has 1 heterocycles. The molecule has 1 aliphatic carbocycles. The summed E-state index contributed by atoms with van der Waals surface area (Å²) in [6, 6.07) is 9.35. The van der Waals surface area contributed by atoms with Crippen molar-refractivity contribution >= 4 is 45.9 Å². The lowest BCUT2D eigenvalue weighted by molar-refractivity contribution is 0.633. The van der Waals surface area contributed by atoms with Gasteiger partial charge in [0, 0.05) is 42.3 Å². The number of hydrogen-bond donors (Lipinski definition) is 2. The highest BCUT2D eigenvalue weighted by Gasteiger charge is 2.39. The minimum absolute atomic E-state index is 0. The van der Waals surface area contributed by atoms with Gasteiger partial charge in [-0.3, -0.25) is 9.67 Å².